The van der Waals surface area contributed by atoms with Gasteiger partial charge in [0.2, 0.25) is 5.91 Å². The summed E-state index contributed by atoms with van der Waals surface area (Å²) in [4.78, 5) is 38.3. The van der Waals surface area contributed by atoms with E-state index < -0.39 is 15.9 Å². The summed E-state index contributed by atoms with van der Waals surface area (Å²) < 4.78 is 33.0. The van der Waals surface area contributed by atoms with Crippen LogP contribution in [0.3, 0.4) is 0 Å². The van der Waals surface area contributed by atoms with Gasteiger partial charge in [0.05, 0.1) is 36.0 Å². The molecule has 4 aromatic rings. The van der Waals surface area contributed by atoms with Crippen LogP contribution in [0.4, 0.5) is 0 Å². The zero-order valence-corrected chi connectivity index (χ0v) is 27.5. The van der Waals surface area contributed by atoms with Crippen molar-refractivity contribution in [2.75, 3.05) is 19.1 Å². The number of rotatable bonds is 10. The molecule has 4 atom stereocenters. The molecule has 3 aliphatic rings. The number of ether oxygens (including phenoxy) is 1. The Morgan fingerprint density at radius 3 is 2.57 bits per heavy atom. The Balaban J connectivity index is 1.25. The molecule has 3 N–H and O–H groups in total. The molecule has 7 rings (SSSR count). The van der Waals surface area contributed by atoms with Crippen molar-refractivity contribution in [1.29, 1.82) is 0 Å². The quantitative estimate of drug-likeness (QED) is 0.266. The summed E-state index contributed by atoms with van der Waals surface area (Å²) in [5, 5.41) is 3.84. The summed E-state index contributed by atoms with van der Waals surface area (Å²) in [6.45, 7) is 4.64. The molecule has 3 fully saturated rings. The molecule has 2 amide bonds. The van der Waals surface area contributed by atoms with Gasteiger partial charge >= 0.3 is 0 Å². The number of imidazole rings is 1. The second kappa shape index (κ2) is 11.4. The van der Waals surface area contributed by atoms with Gasteiger partial charge in [-0.2, -0.15) is 0 Å². The van der Waals surface area contributed by atoms with Crippen LogP contribution in [0.5, 0.6) is 5.88 Å². The Bertz CT molecular complexity index is 1980. The molecular formula is C33H41N7O5S. The van der Waals surface area contributed by atoms with Crippen molar-refractivity contribution in [3.8, 4) is 17.3 Å². The third-order valence-electron chi connectivity index (χ3n) is 9.86. The van der Waals surface area contributed by atoms with Gasteiger partial charge < -0.3 is 25.3 Å². The highest BCUT2D eigenvalue weighted by molar-refractivity contribution is 7.90. The number of nitrogens with two attached hydrogens (primary N) is 1. The first kappa shape index (κ1) is 30.7. The van der Waals surface area contributed by atoms with Gasteiger partial charge in [0.1, 0.15) is 26.8 Å². The third-order valence-corrected chi connectivity index (χ3v) is 10.8. The molecule has 1 aliphatic carbocycles. The summed E-state index contributed by atoms with van der Waals surface area (Å²) in [6, 6.07) is 9.53. The molecule has 46 heavy (non-hydrogen) atoms. The second-order valence-corrected chi connectivity index (χ2v) is 15.6. The van der Waals surface area contributed by atoms with Gasteiger partial charge in [0.15, 0.2) is 5.88 Å². The van der Waals surface area contributed by atoms with Gasteiger partial charge in [-0.05, 0) is 76.1 Å². The van der Waals surface area contributed by atoms with E-state index >= 15 is 0 Å². The van der Waals surface area contributed by atoms with Gasteiger partial charge in [-0.3, -0.25) is 14.0 Å². The number of amides is 2. The number of carbonyl (C=O) groups is 2. The highest BCUT2D eigenvalue weighted by Gasteiger charge is 2.47. The lowest BCUT2D eigenvalue weighted by Crippen LogP contribution is -2.40. The van der Waals surface area contributed by atoms with Crippen molar-refractivity contribution < 1.29 is 22.7 Å². The topological polar surface area (TPSA) is 154 Å². The molecule has 12 nitrogen and oxygen atoms in total. The molecule has 0 unspecified atom stereocenters. The van der Waals surface area contributed by atoms with E-state index in [0.29, 0.717) is 28.7 Å². The number of nitrogens with zero attached hydrogens (tertiary/aromatic N) is 5. The zero-order valence-electron chi connectivity index (χ0n) is 26.7. The largest absolute Gasteiger partial charge is 0.482 e. The lowest BCUT2D eigenvalue weighted by atomic mass is 9.97. The molecule has 1 saturated carbocycles. The monoisotopic (exact) mass is 647 g/mol. The van der Waals surface area contributed by atoms with E-state index in [1.165, 1.54) is 0 Å². The molecule has 4 aromatic heterocycles. The van der Waals surface area contributed by atoms with Crippen LogP contribution in [0.15, 0.2) is 30.3 Å². The fourth-order valence-corrected chi connectivity index (χ4v) is 7.84. The van der Waals surface area contributed by atoms with Gasteiger partial charge in [0.25, 0.3) is 5.91 Å². The molecule has 0 aromatic carbocycles. The first-order chi connectivity index (χ1) is 21.9. The van der Waals surface area contributed by atoms with E-state index in [0.717, 1.165) is 73.0 Å². The Morgan fingerprint density at radius 2 is 1.91 bits per heavy atom. The zero-order chi connectivity index (χ0) is 32.5. The third kappa shape index (κ3) is 5.53. The highest BCUT2D eigenvalue weighted by atomic mass is 32.2. The number of sulfone groups is 1. The first-order valence-corrected chi connectivity index (χ1v) is 18.1. The summed E-state index contributed by atoms with van der Waals surface area (Å²) in [5.41, 5.74) is 11.6. The fourth-order valence-electron chi connectivity index (χ4n) is 7.28. The van der Waals surface area contributed by atoms with Crippen LogP contribution in [0.1, 0.15) is 73.2 Å². The Hall–Kier alpha value is -3.97. The van der Waals surface area contributed by atoms with E-state index in [9.17, 15) is 18.0 Å². The van der Waals surface area contributed by atoms with E-state index in [1.54, 1.807) is 13.2 Å². The Morgan fingerprint density at radius 1 is 1.13 bits per heavy atom. The van der Waals surface area contributed by atoms with Gasteiger partial charge in [-0.15, -0.1) is 0 Å². The van der Waals surface area contributed by atoms with Crippen molar-refractivity contribution in [3.05, 3.63) is 47.3 Å². The van der Waals surface area contributed by atoms with E-state index in [-0.39, 0.29) is 42.1 Å². The van der Waals surface area contributed by atoms with Gasteiger partial charge in [-0.25, -0.2) is 18.4 Å². The van der Waals surface area contributed by atoms with Crippen LogP contribution in [0.25, 0.3) is 28.1 Å². The number of methoxy groups -OCH3 is 1. The average Bonchev–Trinajstić information content (AvgIpc) is 3.33. The van der Waals surface area contributed by atoms with Crippen LogP contribution in [-0.2, 0) is 21.2 Å². The standard InChI is InChI=1S/C33H41N7O5S/c1-18(35-29(41)11-12-46(4,43)44)25-9-7-21-13-27(38(32(21)36-25)17-20-5-6-20)31-19(2)39-28(37-31)14-22(15-30(39)45-3)33(42)40-23-8-10-26(40)24(34)16-23/h7,9,13-15,18,20,23-24,26H,5-6,8,10-12,16-17,34H2,1-4H3,(H,35,41)/t18-,23+,24-,26-/m1/s1. The summed E-state index contributed by atoms with van der Waals surface area (Å²) in [7, 11) is -1.63. The molecule has 6 heterocycles. The maximum atomic E-state index is 13.8. The predicted octanol–water partition coefficient (Wildman–Crippen LogP) is 3.39. The number of hydrogen-bond donors (Lipinski definition) is 2. The van der Waals surface area contributed by atoms with Crippen molar-refractivity contribution in [2.24, 2.45) is 11.7 Å². The highest BCUT2D eigenvalue weighted by Crippen LogP contribution is 2.40. The SMILES string of the molecule is COc1cc(C(=O)N2[C@H]3CC[C@@H]2[C@H](N)C3)cc2nc(-c3cc4ccc([C@@H](C)NC(=O)CCS(C)(=O)=O)nc4n3CC3CC3)c(C)n12. The molecular weight excluding hydrogens is 606 g/mol. The van der Waals surface area contributed by atoms with Crippen molar-refractivity contribution in [2.45, 2.75) is 83.1 Å². The van der Waals surface area contributed by atoms with Crippen LogP contribution in [0.2, 0.25) is 0 Å². The number of hydrogen-bond acceptors (Lipinski definition) is 8. The molecule has 2 bridgehead atoms. The van der Waals surface area contributed by atoms with E-state index in [2.05, 4.69) is 16.0 Å². The van der Waals surface area contributed by atoms with Crippen LogP contribution in [0, 0.1) is 12.8 Å². The first-order valence-electron chi connectivity index (χ1n) is 16.0. The van der Waals surface area contributed by atoms with Crippen molar-refractivity contribution >= 4 is 38.3 Å². The van der Waals surface area contributed by atoms with E-state index in [1.807, 2.05) is 41.3 Å². The lowest BCUT2D eigenvalue weighted by molar-refractivity contribution is -0.121. The minimum Gasteiger partial charge on any atom is -0.482 e. The number of carbonyl (C=O) groups excluding carboxylic acids is 2. The van der Waals surface area contributed by atoms with Gasteiger partial charge in [0, 0.05) is 54.4 Å². The van der Waals surface area contributed by atoms with Gasteiger partial charge in [-0.1, -0.05) is 0 Å². The molecule has 0 spiro atoms. The smallest absolute Gasteiger partial charge is 0.254 e. The fraction of sp³-hybridized carbons (Fsp3) is 0.515. The number of nitrogens with one attached hydrogen (secondary N) is 1. The summed E-state index contributed by atoms with van der Waals surface area (Å²) in [6.07, 6.45) is 6.11. The Kier molecular flexibility index (Phi) is 7.58. The molecule has 244 valence electrons. The van der Waals surface area contributed by atoms with Crippen molar-refractivity contribution in [3.63, 3.8) is 0 Å². The molecule has 13 heteroatoms. The minimum atomic E-state index is -3.23. The number of aromatic nitrogens is 4. The second-order valence-electron chi connectivity index (χ2n) is 13.3. The summed E-state index contributed by atoms with van der Waals surface area (Å²) in [5.74, 6) is 0.532. The number of aryl methyl sites for hydroxylation is 1. The maximum Gasteiger partial charge on any atom is 0.254 e. The normalized spacial score (nSPS) is 21.8. The van der Waals surface area contributed by atoms with Crippen LogP contribution < -0.4 is 15.8 Å². The predicted molar refractivity (Wildman–Crippen MR) is 174 cm³/mol. The average molecular weight is 648 g/mol. The molecule has 0 radical (unpaired) electrons. The van der Waals surface area contributed by atoms with Crippen molar-refractivity contribution in [1.82, 2.24) is 29.2 Å². The van der Waals surface area contributed by atoms with E-state index in [4.69, 9.17) is 20.4 Å². The number of fused-ring (bicyclic) bond motifs is 4. The van der Waals surface area contributed by atoms with Crippen LogP contribution >= 0.6 is 0 Å². The molecule has 2 aliphatic heterocycles. The van der Waals surface area contributed by atoms with Crippen LogP contribution in [-0.4, -0.2) is 81.3 Å². The Labute approximate surface area is 268 Å². The lowest BCUT2D eigenvalue weighted by Gasteiger charge is -2.23. The minimum absolute atomic E-state index is 0.0234. The molecule has 2 saturated heterocycles. The number of pyridine rings is 2. The summed E-state index contributed by atoms with van der Waals surface area (Å²) >= 11 is 0. The maximum absolute atomic E-state index is 13.8.